The van der Waals surface area contributed by atoms with Gasteiger partial charge in [-0.3, -0.25) is 0 Å². The fraction of sp³-hybridized carbons (Fsp3) is 0.368. The van der Waals surface area contributed by atoms with Crippen LogP contribution in [0.3, 0.4) is 0 Å². The molecule has 0 unspecified atom stereocenters. The molecule has 3 rings (SSSR count). The Balaban J connectivity index is 1.75. The van der Waals surface area contributed by atoms with E-state index in [1.807, 2.05) is 25.3 Å². The highest BCUT2D eigenvalue weighted by Crippen LogP contribution is 2.38. The van der Waals surface area contributed by atoms with Crippen LogP contribution in [0.4, 0.5) is 5.82 Å². The van der Waals surface area contributed by atoms with Crippen LogP contribution in [0.5, 0.6) is 0 Å². The van der Waals surface area contributed by atoms with Gasteiger partial charge in [0.1, 0.15) is 5.82 Å². The lowest BCUT2D eigenvalue weighted by Crippen LogP contribution is -2.45. The van der Waals surface area contributed by atoms with E-state index in [0.717, 1.165) is 24.2 Å². The van der Waals surface area contributed by atoms with E-state index in [-0.39, 0.29) is 5.54 Å². The smallest absolute Gasteiger partial charge is 0.172 e. The second kappa shape index (κ2) is 6.67. The lowest BCUT2D eigenvalue weighted by Gasteiger charge is -2.32. The molecule has 1 aromatic carbocycles. The van der Waals surface area contributed by atoms with E-state index in [1.54, 1.807) is 0 Å². The molecule has 4 heteroatoms. The average molecular weight is 325 g/mol. The molecule has 1 heterocycles. The van der Waals surface area contributed by atoms with Crippen LogP contribution >= 0.6 is 12.2 Å². The zero-order chi connectivity index (χ0) is 16.3. The number of nitrogens with one attached hydrogen (secondary N) is 2. The third-order valence-electron chi connectivity index (χ3n) is 4.57. The Kier molecular flexibility index (Phi) is 4.62. The predicted molar refractivity (Wildman–Crippen MR) is 99.7 cm³/mol. The number of thiocarbonyl (C=S) groups is 1. The molecular weight excluding hydrogens is 302 g/mol. The van der Waals surface area contributed by atoms with Crippen molar-refractivity contribution in [1.82, 2.24) is 10.3 Å². The summed E-state index contributed by atoms with van der Waals surface area (Å²) in [4.78, 5) is 4.36. The molecule has 0 amide bonds. The standard InChI is InChI=1S/C19H23N3S/c1-14-5-8-16(9-6-14)19(11-3-4-12-19)22-18(23)21-17-10-7-15(2)13-20-17/h5-10,13H,3-4,11-12H2,1-2H3,(H2,20,21,22,23). The van der Waals surface area contributed by atoms with Crippen LogP contribution < -0.4 is 10.6 Å². The molecule has 1 aliphatic rings. The van der Waals surface area contributed by atoms with Gasteiger partial charge < -0.3 is 10.6 Å². The Morgan fingerprint density at radius 3 is 2.26 bits per heavy atom. The molecule has 1 fully saturated rings. The van der Waals surface area contributed by atoms with Gasteiger partial charge >= 0.3 is 0 Å². The molecular formula is C19H23N3S. The number of anilines is 1. The number of benzene rings is 1. The van der Waals surface area contributed by atoms with Gasteiger partial charge in [0.15, 0.2) is 5.11 Å². The summed E-state index contributed by atoms with van der Waals surface area (Å²) < 4.78 is 0. The van der Waals surface area contributed by atoms with Gasteiger partial charge in [0.05, 0.1) is 5.54 Å². The van der Waals surface area contributed by atoms with Gasteiger partial charge in [-0.15, -0.1) is 0 Å². The van der Waals surface area contributed by atoms with Crippen LogP contribution in [0, 0.1) is 13.8 Å². The molecule has 0 bridgehead atoms. The Bertz CT molecular complexity index is 671. The Hall–Kier alpha value is -1.94. The summed E-state index contributed by atoms with van der Waals surface area (Å²) in [5.41, 5.74) is 3.69. The van der Waals surface area contributed by atoms with Crippen molar-refractivity contribution in [2.45, 2.75) is 45.1 Å². The number of nitrogens with zero attached hydrogens (tertiary/aromatic N) is 1. The molecule has 0 spiro atoms. The molecule has 23 heavy (non-hydrogen) atoms. The molecule has 0 atom stereocenters. The zero-order valence-corrected chi connectivity index (χ0v) is 14.5. The van der Waals surface area contributed by atoms with Crippen molar-refractivity contribution in [2.24, 2.45) is 0 Å². The highest BCUT2D eigenvalue weighted by atomic mass is 32.1. The first-order chi connectivity index (χ1) is 11.1. The fourth-order valence-corrected chi connectivity index (χ4v) is 3.54. The third kappa shape index (κ3) is 3.70. The van der Waals surface area contributed by atoms with Crippen molar-refractivity contribution < 1.29 is 0 Å². The quantitative estimate of drug-likeness (QED) is 0.817. The molecule has 1 saturated carbocycles. The predicted octanol–water partition coefficient (Wildman–Crippen LogP) is 4.45. The molecule has 0 aliphatic heterocycles. The molecule has 120 valence electrons. The molecule has 2 aromatic rings. The van der Waals surface area contributed by atoms with Crippen molar-refractivity contribution in [3.05, 3.63) is 59.3 Å². The first-order valence-corrected chi connectivity index (χ1v) is 8.57. The lowest BCUT2D eigenvalue weighted by atomic mass is 9.88. The van der Waals surface area contributed by atoms with E-state index < -0.39 is 0 Å². The number of rotatable bonds is 3. The summed E-state index contributed by atoms with van der Waals surface area (Å²) in [6.07, 6.45) is 6.52. The maximum atomic E-state index is 5.54. The largest absolute Gasteiger partial charge is 0.353 e. The Labute approximate surface area is 143 Å². The molecule has 1 aliphatic carbocycles. The topological polar surface area (TPSA) is 37.0 Å². The summed E-state index contributed by atoms with van der Waals surface area (Å²) in [6.45, 7) is 4.14. The van der Waals surface area contributed by atoms with Gasteiger partial charge in [0.25, 0.3) is 0 Å². The number of aromatic nitrogens is 1. The minimum atomic E-state index is -0.0531. The van der Waals surface area contributed by atoms with Gasteiger partial charge in [-0.1, -0.05) is 48.7 Å². The van der Waals surface area contributed by atoms with Crippen molar-refractivity contribution in [3.8, 4) is 0 Å². The van der Waals surface area contributed by atoms with E-state index in [1.165, 1.54) is 24.0 Å². The van der Waals surface area contributed by atoms with Gasteiger partial charge in [0.2, 0.25) is 0 Å². The van der Waals surface area contributed by atoms with Crippen LogP contribution in [0.25, 0.3) is 0 Å². The first-order valence-electron chi connectivity index (χ1n) is 8.16. The summed E-state index contributed by atoms with van der Waals surface area (Å²) in [7, 11) is 0. The van der Waals surface area contributed by atoms with E-state index in [4.69, 9.17) is 12.2 Å². The van der Waals surface area contributed by atoms with Crippen molar-refractivity contribution in [3.63, 3.8) is 0 Å². The normalized spacial score (nSPS) is 16.1. The zero-order valence-electron chi connectivity index (χ0n) is 13.7. The summed E-state index contributed by atoms with van der Waals surface area (Å²) in [6, 6.07) is 12.8. The van der Waals surface area contributed by atoms with Gasteiger partial charge in [-0.05, 0) is 56.1 Å². The summed E-state index contributed by atoms with van der Waals surface area (Å²) in [5, 5.41) is 7.43. The number of aryl methyl sites for hydroxylation is 2. The van der Waals surface area contributed by atoms with Crippen LogP contribution in [0.15, 0.2) is 42.6 Å². The maximum Gasteiger partial charge on any atom is 0.172 e. The van der Waals surface area contributed by atoms with Crippen molar-refractivity contribution >= 4 is 23.1 Å². The van der Waals surface area contributed by atoms with Crippen LogP contribution in [-0.2, 0) is 5.54 Å². The monoisotopic (exact) mass is 325 g/mol. The number of hydrogen-bond acceptors (Lipinski definition) is 2. The molecule has 0 saturated heterocycles. The molecule has 1 aromatic heterocycles. The third-order valence-corrected chi connectivity index (χ3v) is 4.77. The van der Waals surface area contributed by atoms with E-state index >= 15 is 0 Å². The lowest BCUT2D eigenvalue weighted by molar-refractivity contribution is 0.408. The summed E-state index contributed by atoms with van der Waals surface area (Å²) >= 11 is 5.54. The Morgan fingerprint density at radius 2 is 1.65 bits per heavy atom. The second-order valence-corrected chi connectivity index (χ2v) is 6.86. The highest BCUT2D eigenvalue weighted by molar-refractivity contribution is 7.80. The number of pyridine rings is 1. The van der Waals surface area contributed by atoms with Crippen LogP contribution in [0.1, 0.15) is 42.4 Å². The average Bonchev–Trinajstić information content (AvgIpc) is 2.99. The Morgan fingerprint density at radius 1 is 1.00 bits per heavy atom. The minimum absolute atomic E-state index is 0.0531. The molecule has 2 N–H and O–H groups in total. The SMILES string of the molecule is Cc1ccc(C2(NC(=S)Nc3ccc(C)cn3)CCCC2)cc1. The van der Waals surface area contributed by atoms with E-state index in [2.05, 4.69) is 46.8 Å². The van der Waals surface area contributed by atoms with E-state index in [9.17, 15) is 0 Å². The fourth-order valence-electron chi connectivity index (χ4n) is 3.24. The maximum absolute atomic E-state index is 5.54. The molecule has 0 radical (unpaired) electrons. The van der Waals surface area contributed by atoms with Gasteiger partial charge in [-0.25, -0.2) is 4.98 Å². The number of hydrogen-bond donors (Lipinski definition) is 2. The first kappa shape index (κ1) is 15.9. The van der Waals surface area contributed by atoms with Crippen LogP contribution in [-0.4, -0.2) is 10.1 Å². The van der Waals surface area contributed by atoms with Crippen molar-refractivity contribution in [1.29, 1.82) is 0 Å². The minimum Gasteiger partial charge on any atom is -0.353 e. The van der Waals surface area contributed by atoms with Crippen molar-refractivity contribution in [2.75, 3.05) is 5.32 Å². The second-order valence-electron chi connectivity index (χ2n) is 6.46. The van der Waals surface area contributed by atoms with Gasteiger partial charge in [0, 0.05) is 6.20 Å². The summed E-state index contributed by atoms with van der Waals surface area (Å²) in [5.74, 6) is 0.783. The molecule has 3 nitrogen and oxygen atoms in total. The van der Waals surface area contributed by atoms with Gasteiger partial charge in [-0.2, -0.15) is 0 Å². The van der Waals surface area contributed by atoms with Crippen LogP contribution in [0.2, 0.25) is 0 Å². The highest BCUT2D eigenvalue weighted by Gasteiger charge is 2.36. The van der Waals surface area contributed by atoms with E-state index in [0.29, 0.717) is 5.11 Å².